The second-order valence-corrected chi connectivity index (χ2v) is 5.01. The van der Waals surface area contributed by atoms with Gasteiger partial charge in [-0.25, -0.2) is 0 Å². The van der Waals surface area contributed by atoms with E-state index in [1.54, 1.807) is 0 Å². The number of benzene rings is 1. The average molecular weight is 227 g/mol. The Hall–Kier alpha value is -0.530. The number of aliphatic hydroxyl groups excluding tert-OH is 1. The van der Waals surface area contributed by atoms with Gasteiger partial charge < -0.3 is 5.11 Å². The van der Waals surface area contributed by atoms with E-state index in [1.807, 2.05) is 26.0 Å². The molecule has 1 aromatic rings. The molecular formula is C13H19ClO. The molecule has 0 heterocycles. The molecule has 84 valence electrons. The van der Waals surface area contributed by atoms with Gasteiger partial charge in [0.2, 0.25) is 0 Å². The van der Waals surface area contributed by atoms with Crippen LogP contribution in [0.5, 0.6) is 0 Å². The first-order valence-electron chi connectivity index (χ1n) is 5.36. The Morgan fingerprint density at radius 3 is 2.40 bits per heavy atom. The summed E-state index contributed by atoms with van der Waals surface area (Å²) in [5, 5.41) is 10.7. The normalized spacial score (nSPS) is 13.3. The lowest BCUT2D eigenvalue weighted by atomic mass is 9.96. The van der Waals surface area contributed by atoms with Gasteiger partial charge in [0, 0.05) is 5.02 Å². The van der Waals surface area contributed by atoms with Crippen molar-refractivity contribution in [3.8, 4) is 0 Å². The minimum atomic E-state index is -0.448. The van der Waals surface area contributed by atoms with Crippen LogP contribution in [-0.2, 0) is 0 Å². The van der Waals surface area contributed by atoms with Gasteiger partial charge in [0.05, 0.1) is 6.10 Å². The Labute approximate surface area is 97.1 Å². The third-order valence-corrected chi connectivity index (χ3v) is 3.00. The molecule has 0 aromatic heterocycles. The van der Waals surface area contributed by atoms with Crippen LogP contribution in [-0.4, -0.2) is 5.11 Å². The molecule has 1 nitrogen and oxygen atoms in total. The molecule has 0 aliphatic carbocycles. The second kappa shape index (κ2) is 5.00. The lowest BCUT2D eigenvalue weighted by Crippen LogP contribution is -2.03. The van der Waals surface area contributed by atoms with Crippen LogP contribution in [0.1, 0.15) is 43.1 Å². The molecule has 1 rings (SSSR count). The fourth-order valence-electron chi connectivity index (χ4n) is 1.80. The molecule has 15 heavy (non-hydrogen) atoms. The Balaban J connectivity index is 3.02. The number of aliphatic hydroxyl groups is 1. The fraction of sp³-hybridized carbons (Fsp3) is 0.538. The zero-order chi connectivity index (χ0) is 11.6. The van der Waals surface area contributed by atoms with Gasteiger partial charge in [-0.05, 0) is 37.3 Å². The maximum Gasteiger partial charge on any atom is 0.0807 e. The van der Waals surface area contributed by atoms with E-state index in [2.05, 4.69) is 13.8 Å². The van der Waals surface area contributed by atoms with Gasteiger partial charge in [-0.1, -0.05) is 43.1 Å². The van der Waals surface area contributed by atoms with Crippen molar-refractivity contribution < 1.29 is 5.11 Å². The van der Waals surface area contributed by atoms with Crippen LogP contribution >= 0.6 is 11.6 Å². The molecule has 0 aliphatic rings. The quantitative estimate of drug-likeness (QED) is 0.825. The van der Waals surface area contributed by atoms with Gasteiger partial charge in [-0.3, -0.25) is 0 Å². The summed E-state index contributed by atoms with van der Waals surface area (Å²) in [7, 11) is 0. The van der Waals surface area contributed by atoms with Crippen molar-refractivity contribution in [2.45, 2.75) is 40.2 Å². The predicted molar refractivity (Wildman–Crippen MR) is 65.3 cm³/mol. The summed E-state index contributed by atoms with van der Waals surface area (Å²) >= 11 is 6.18. The zero-order valence-electron chi connectivity index (χ0n) is 9.84. The molecule has 0 saturated carbocycles. The summed E-state index contributed by atoms with van der Waals surface area (Å²) in [6.07, 6.45) is 0.305. The summed E-state index contributed by atoms with van der Waals surface area (Å²) in [5.41, 5.74) is 3.05. The van der Waals surface area contributed by atoms with Gasteiger partial charge in [0.25, 0.3) is 0 Å². The molecule has 1 atom stereocenters. The van der Waals surface area contributed by atoms with Crippen LogP contribution in [0.25, 0.3) is 0 Å². The summed E-state index contributed by atoms with van der Waals surface area (Å²) < 4.78 is 0. The third kappa shape index (κ3) is 3.22. The lowest BCUT2D eigenvalue weighted by Gasteiger charge is -2.16. The molecule has 0 spiro atoms. The van der Waals surface area contributed by atoms with Gasteiger partial charge in [-0.2, -0.15) is 0 Å². The molecule has 2 heteroatoms. The highest BCUT2D eigenvalue weighted by atomic mass is 35.5. The molecule has 0 radical (unpaired) electrons. The number of hydrogen-bond donors (Lipinski definition) is 1. The highest BCUT2D eigenvalue weighted by Crippen LogP contribution is 2.30. The maximum atomic E-state index is 10.0. The van der Waals surface area contributed by atoms with Crippen LogP contribution in [0.15, 0.2) is 12.1 Å². The van der Waals surface area contributed by atoms with E-state index >= 15 is 0 Å². The minimum Gasteiger partial charge on any atom is -0.388 e. The molecule has 0 aliphatic heterocycles. The van der Waals surface area contributed by atoms with E-state index in [4.69, 9.17) is 11.6 Å². The zero-order valence-corrected chi connectivity index (χ0v) is 10.6. The SMILES string of the molecule is Cc1cc(C)c(Cl)c(C(O)CC(C)C)c1. The van der Waals surface area contributed by atoms with Gasteiger partial charge in [-0.15, -0.1) is 0 Å². The highest BCUT2D eigenvalue weighted by Gasteiger charge is 2.14. The monoisotopic (exact) mass is 226 g/mol. The van der Waals surface area contributed by atoms with Crippen molar-refractivity contribution in [2.24, 2.45) is 5.92 Å². The summed E-state index contributed by atoms with van der Waals surface area (Å²) in [5.74, 6) is 0.469. The molecule has 1 aromatic carbocycles. The Morgan fingerprint density at radius 2 is 1.87 bits per heavy atom. The van der Waals surface area contributed by atoms with Crippen molar-refractivity contribution >= 4 is 11.6 Å². The number of halogens is 1. The van der Waals surface area contributed by atoms with Crippen LogP contribution < -0.4 is 0 Å². The number of rotatable bonds is 3. The molecule has 1 N–H and O–H groups in total. The first-order valence-corrected chi connectivity index (χ1v) is 5.74. The molecular weight excluding hydrogens is 208 g/mol. The van der Waals surface area contributed by atoms with E-state index in [0.29, 0.717) is 10.9 Å². The average Bonchev–Trinajstić information content (AvgIpc) is 2.09. The standard InChI is InChI=1S/C13H19ClO/c1-8(2)5-12(15)11-7-9(3)6-10(4)13(11)14/h6-8,12,15H,5H2,1-4H3. The smallest absolute Gasteiger partial charge is 0.0807 e. The van der Waals surface area contributed by atoms with Gasteiger partial charge in [0.15, 0.2) is 0 Å². The van der Waals surface area contributed by atoms with E-state index in [9.17, 15) is 5.11 Å². The topological polar surface area (TPSA) is 20.2 Å². The molecule has 0 fully saturated rings. The Morgan fingerprint density at radius 1 is 1.27 bits per heavy atom. The van der Waals surface area contributed by atoms with Crippen molar-refractivity contribution in [1.29, 1.82) is 0 Å². The Kier molecular flexibility index (Phi) is 4.18. The molecule has 0 saturated heterocycles. The fourth-order valence-corrected chi connectivity index (χ4v) is 2.03. The maximum absolute atomic E-state index is 10.0. The van der Waals surface area contributed by atoms with E-state index < -0.39 is 6.10 Å². The van der Waals surface area contributed by atoms with E-state index in [1.165, 1.54) is 0 Å². The largest absolute Gasteiger partial charge is 0.388 e. The molecule has 1 unspecified atom stereocenters. The summed E-state index contributed by atoms with van der Waals surface area (Å²) in [6.45, 7) is 8.19. The van der Waals surface area contributed by atoms with Crippen molar-refractivity contribution in [3.63, 3.8) is 0 Å². The van der Waals surface area contributed by atoms with E-state index in [-0.39, 0.29) is 0 Å². The van der Waals surface area contributed by atoms with E-state index in [0.717, 1.165) is 23.1 Å². The predicted octanol–water partition coefficient (Wildman–Crippen LogP) is 4.04. The number of hydrogen-bond acceptors (Lipinski definition) is 1. The minimum absolute atomic E-state index is 0.448. The third-order valence-electron chi connectivity index (χ3n) is 2.48. The summed E-state index contributed by atoms with van der Waals surface area (Å²) in [4.78, 5) is 0. The van der Waals surface area contributed by atoms with Crippen LogP contribution in [0, 0.1) is 19.8 Å². The molecule has 0 amide bonds. The van der Waals surface area contributed by atoms with Crippen LogP contribution in [0.2, 0.25) is 5.02 Å². The van der Waals surface area contributed by atoms with Gasteiger partial charge in [0.1, 0.15) is 0 Å². The van der Waals surface area contributed by atoms with Crippen molar-refractivity contribution in [1.82, 2.24) is 0 Å². The lowest BCUT2D eigenvalue weighted by molar-refractivity contribution is 0.151. The number of aryl methyl sites for hydroxylation is 2. The first-order chi connectivity index (χ1) is 6.91. The van der Waals surface area contributed by atoms with Crippen molar-refractivity contribution in [2.75, 3.05) is 0 Å². The van der Waals surface area contributed by atoms with Crippen LogP contribution in [0.3, 0.4) is 0 Å². The van der Waals surface area contributed by atoms with Crippen LogP contribution in [0.4, 0.5) is 0 Å². The van der Waals surface area contributed by atoms with Crippen molar-refractivity contribution in [3.05, 3.63) is 33.8 Å². The summed E-state index contributed by atoms with van der Waals surface area (Å²) in [6, 6.07) is 4.01. The Bertz CT molecular complexity index is 345. The first kappa shape index (κ1) is 12.5. The second-order valence-electron chi connectivity index (χ2n) is 4.63. The highest BCUT2D eigenvalue weighted by molar-refractivity contribution is 6.32. The molecule has 0 bridgehead atoms. The van der Waals surface area contributed by atoms with Gasteiger partial charge >= 0.3 is 0 Å².